The van der Waals surface area contributed by atoms with Gasteiger partial charge in [0.2, 0.25) is 0 Å². The highest BCUT2D eigenvalue weighted by molar-refractivity contribution is 7.98. The average Bonchev–Trinajstić information content (AvgIpc) is 2.36. The van der Waals surface area contributed by atoms with Gasteiger partial charge in [-0.1, -0.05) is 6.07 Å². The summed E-state index contributed by atoms with van der Waals surface area (Å²) in [5.74, 6) is 0.0383. The Kier molecular flexibility index (Phi) is 5.02. The SMILES string of the molecule is CSc1ccc(C)c(C(=O)N(C)C(C)CN)c1. The highest BCUT2D eigenvalue weighted by Gasteiger charge is 2.18. The Hall–Kier alpha value is -1.00. The van der Waals surface area contributed by atoms with Gasteiger partial charge in [-0.15, -0.1) is 11.8 Å². The van der Waals surface area contributed by atoms with Gasteiger partial charge in [0.25, 0.3) is 5.91 Å². The molecule has 1 rings (SSSR count). The van der Waals surface area contributed by atoms with Crippen molar-refractivity contribution in [3.8, 4) is 0 Å². The summed E-state index contributed by atoms with van der Waals surface area (Å²) in [4.78, 5) is 15.1. The highest BCUT2D eigenvalue weighted by Crippen LogP contribution is 2.20. The van der Waals surface area contributed by atoms with E-state index in [-0.39, 0.29) is 11.9 Å². The maximum Gasteiger partial charge on any atom is 0.254 e. The lowest BCUT2D eigenvalue weighted by molar-refractivity contribution is 0.0747. The van der Waals surface area contributed by atoms with Crippen molar-refractivity contribution in [1.29, 1.82) is 0 Å². The molecule has 0 fully saturated rings. The molecule has 3 nitrogen and oxygen atoms in total. The van der Waals surface area contributed by atoms with E-state index in [0.717, 1.165) is 16.0 Å². The van der Waals surface area contributed by atoms with Crippen LogP contribution in [0.3, 0.4) is 0 Å². The molecule has 17 heavy (non-hydrogen) atoms. The standard InChI is InChI=1S/C13H20N2OS/c1-9-5-6-11(17-4)7-12(9)13(16)15(3)10(2)8-14/h5-7,10H,8,14H2,1-4H3. The van der Waals surface area contributed by atoms with Crippen molar-refractivity contribution in [2.24, 2.45) is 5.73 Å². The predicted molar refractivity (Wildman–Crippen MR) is 73.6 cm³/mol. The number of benzene rings is 1. The van der Waals surface area contributed by atoms with Gasteiger partial charge in [-0.25, -0.2) is 0 Å². The van der Waals surface area contributed by atoms with Crippen LogP contribution in [-0.2, 0) is 0 Å². The lowest BCUT2D eigenvalue weighted by atomic mass is 10.1. The summed E-state index contributed by atoms with van der Waals surface area (Å²) in [6.45, 7) is 4.38. The van der Waals surface area contributed by atoms with Crippen LogP contribution in [0.5, 0.6) is 0 Å². The first-order valence-corrected chi connectivity index (χ1v) is 6.85. The molecule has 0 radical (unpaired) electrons. The summed E-state index contributed by atoms with van der Waals surface area (Å²) in [6.07, 6.45) is 2.01. The Morgan fingerprint density at radius 2 is 2.18 bits per heavy atom. The summed E-state index contributed by atoms with van der Waals surface area (Å²) in [5.41, 5.74) is 7.35. The molecule has 4 heteroatoms. The van der Waals surface area contributed by atoms with Gasteiger partial charge >= 0.3 is 0 Å². The maximum absolute atomic E-state index is 12.3. The number of thioether (sulfide) groups is 1. The van der Waals surface area contributed by atoms with Crippen molar-refractivity contribution in [3.05, 3.63) is 29.3 Å². The fraction of sp³-hybridized carbons (Fsp3) is 0.462. The van der Waals surface area contributed by atoms with Gasteiger partial charge in [0.1, 0.15) is 0 Å². The van der Waals surface area contributed by atoms with Crippen LogP contribution in [0.2, 0.25) is 0 Å². The number of likely N-dealkylation sites (N-methyl/N-ethyl adjacent to an activating group) is 1. The molecule has 0 bridgehead atoms. The van der Waals surface area contributed by atoms with E-state index < -0.39 is 0 Å². The second kappa shape index (κ2) is 6.07. The van der Waals surface area contributed by atoms with E-state index >= 15 is 0 Å². The monoisotopic (exact) mass is 252 g/mol. The number of carbonyl (C=O) groups excluding carboxylic acids is 1. The zero-order chi connectivity index (χ0) is 13.0. The molecule has 1 aromatic carbocycles. The molecule has 1 unspecified atom stereocenters. The number of hydrogen-bond acceptors (Lipinski definition) is 3. The van der Waals surface area contributed by atoms with Crippen LogP contribution < -0.4 is 5.73 Å². The minimum absolute atomic E-state index is 0.0383. The van der Waals surface area contributed by atoms with Crippen LogP contribution in [0.15, 0.2) is 23.1 Å². The van der Waals surface area contributed by atoms with E-state index in [1.54, 1.807) is 23.7 Å². The molecule has 0 aromatic heterocycles. The number of hydrogen-bond donors (Lipinski definition) is 1. The van der Waals surface area contributed by atoms with Gasteiger partial charge in [-0.05, 0) is 37.8 Å². The number of nitrogens with zero attached hydrogens (tertiary/aromatic N) is 1. The van der Waals surface area contributed by atoms with Crippen LogP contribution in [0.25, 0.3) is 0 Å². The number of nitrogens with two attached hydrogens (primary N) is 1. The molecule has 1 amide bonds. The van der Waals surface area contributed by atoms with Crippen LogP contribution in [0, 0.1) is 6.92 Å². The molecule has 0 spiro atoms. The molecule has 0 aliphatic carbocycles. The molecular weight excluding hydrogens is 232 g/mol. The average molecular weight is 252 g/mol. The van der Waals surface area contributed by atoms with Crippen molar-refractivity contribution in [1.82, 2.24) is 4.90 Å². The third-order valence-corrected chi connectivity index (χ3v) is 3.72. The molecule has 1 atom stereocenters. The second-order valence-corrected chi connectivity index (χ2v) is 5.06. The Morgan fingerprint density at radius 3 is 2.71 bits per heavy atom. The minimum atomic E-state index is 0.0383. The third kappa shape index (κ3) is 3.23. The Bertz CT molecular complexity index is 406. The first-order valence-electron chi connectivity index (χ1n) is 5.63. The van der Waals surface area contributed by atoms with Gasteiger partial charge in [0, 0.05) is 30.1 Å². The quantitative estimate of drug-likeness (QED) is 0.835. The van der Waals surface area contributed by atoms with Crippen LogP contribution in [-0.4, -0.2) is 36.7 Å². The van der Waals surface area contributed by atoms with E-state index in [1.165, 1.54) is 0 Å². The molecule has 0 saturated carbocycles. The van der Waals surface area contributed by atoms with Gasteiger partial charge in [-0.3, -0.25) is 4.79 Å². The van der Waals surface area contributed by atoms with Crippen LogP contribution >= 0.6 is 11.8 Å². The normalized spacial score (nSPS) is 12.3. The molecule has 2 N–H and O–H groups in total. The zero-order valence-corrected chi connectivity index (χ0v) is 11.7. The second-order valence-electron chi connectivity index (χ2n) is 4.18. The molecular formula is C13H20N2OS. The Morgan fingerprint density at radius 1 is 1.53 bits per heavy atom. The molecule has 0 saturated heterocycles. The number of aryl methyl sites for hydroxylation is 1. The van der Waals surface area contributed by atoms with Crippen molar-refractivity contribution in [2.45, 2.75) is 24.8 Å². The van der Waals surface area contributed by atoms with Gasteiger partial charge < -0.3 is 10.6 Å². The van der Waals surface area contributed by atoms with E-state index in [9.17, 15) is 4.79 Å². The smallest absolute Gasteiger partial charge is 0.254 e. The summed E-state index contributed by atoms with van der Waals surface area (Å²) in [7, 11) is 1.80. The fourth-order valence-electron chi connectivity index (χ4n) is 1.51. The number of rotatable bonds is 4. The first-order chi connectivity index (χ1) is 8.01. The summed E-state index contributed by atoms with van der Waals surface area (Å²) < 4.78 is 0. The molecule has 1 aromatic rings. The van der Waals surface area contributed by atoms with E-state index in [1.807, 2.05) is 38.3 Å². The van der Waals surface area contributed by atoms with Crippen molar-refractivity contribution in [2.75, 3.05) is 19.8 Å². The Balaban J connectivity index is 3.02. The van der Waals surface area contributed by atoms with Gasteiger partial charge in [-0.2, -0.15) is 0 Å². The van der Waals surface area contributed by atoms with E-state index in [0.29, 0.717) is 6.54 Å². The fourth-order valence-corrected chi connectivity index (χ4v) is 1.95. The van der Waals surface area contributed by atoms with Crippen molar-refractivity contribution in [3.63, 3.8) is 0 Å². The topological polar surface area (TPSA) is 46.3 Å². The van der Waals surface area contributed by atoms with Crippen molar-refractivity contribution < 1.29 is 4.79 Å². The summed E-state index contributed by atoms with van der Waals surface area (Å²) >= 11 is 1.64. The Labute approximate surface area is 107 Å². The van der Waals surface area contributed by atoms with Crippen LogP contribution in [0.1, 0.15) is 22.8 Å². The van der Waals surface area contributed by atoms with E-state index in [2.05, 4.69) is 0 Å². The zero-order valence-electron chi connectivity index (χ0n) is 10.9. The number of amides is 1. The van der Waals surface area contributed by atoms with Crippen LogP contribution in [0.4, 0.5) is 0 Å². The number of carbonyl (C=O) groups is 1. The lowest BCUT2D eigenvalue weighted by Gasteiger charge is -2.24. The van der Waals surface area contributed by atoms with Crippen molar-refractivity contribution >= 4 is 17.7 Å². The molecule has 0 heterocycles. The summed E-state index contributed by atoms with van der Waals surface area (Å²) in [5, 5.41) is 0. The molecule has 0 aliphatic rings. The maximum atomic E-state index is 12.3. The molecule has 94 valence electrons. The first kappa shape index (κ1) is 14.1. The predicted octanol–water partition coefficient (Wildman–Crippen LogP) is 2.14. The largest absolute Gasteiger partial charge is 0.338 e. The van der Waals surface area contributed by atoms with Gasteiger partial charge in [0.05, 0.1) is 0 Å². The highest BCUT2D eigenvalue weighted by atomic mass is 32.2. The van der Waals surface area contributed by atoms with Gasteiger partial charge in [0.15, 0.2) is 0 Å². The van der Waals surface area contributed by atoms with E-state index in [4.69, 9.17) is 5.73 Å². The lowest BCUT2D eigenvalue weighted by Crippen LogP contribution is -2.40. The summed E-state index contributed by atoms with van der Waals surface area (Å²) in [6, 6.07) is 6.02. The third-order valence-electron chi connectivity index (χ3n) is 3.00. The minimum Gasteiger partial charge on any atom is -0.338 e. The molecule has 0 aliphatic heterocycles.